The number of aryl methyl sites for hydroxylation is 2. The number of nitrogens with zero attached hydrogens (tertiary/aromatic N) is 3. The second-order valence-corrected chi connectivity index (χ2v) is 4.92. The number of rotatable bonds is 4. The Morgan fingerprint density at radius 3 is 2.70 bits per heavy atom. The maximum Gasteiger partial charge on any atom is 0.345 e. The normalized spacial score (nSPS) is 10.2. The SMILES string of the molecule is Cc1ccc(NC(=O)NC(=O)Cn2nccc2[N+](=O)[O-])c(C)c1. The molecule has 0 fully saturated rings. The molecule has 0 atom stereocenters. The summed E-state index contributed by atoms with van der Waals surface area (Å²) in [6, 6.07) is 5.91. The van der Waals surface area contributed by atoms with Crippen molar-refractivity contribution in [3.63, 3.8) is 0 Å². The summed E-state index contributed by atoms with van der Waals surface area (Å²) in [4.78, 5) is 33.6. The van der Waals surface area contributed by atoms with Gasteiger partial charge in [-0.05, 0) is 30.4 Å². The van der Waals surface area contributed by atoms with Crippen LogP contribution in [0.25, 0.3) is 0 Å². The lowest BCUT2D eigenvalue weighted by Gasteiger charge is -2.09. The number of anilines is 1. The number of aromatic nitrogens is 2. The van der Waals surface area contributed by atoms with E-state index < -0.39 is 23.4 Å². The number of carbonyl (C=O) groups excluding carboxylic acids is 2. The van der Waals surface area contributed by atoms with E-state index in [9.17, 15) is 19.7 Å². The molecule has 23 heavy (non-hydrogen) atoms. The van der Waals surface area contributed by atoms with E-state index in [1.54, 1.807) is 6.07 Å². The second-order valence-electron chi connectivity index (χ2n) is 4.92. The van der Waals surface area contributed by atoms with E-state index in [-0.39, 0.29) is 5.82 Å². The summed E-state index contributed by atoms with van der Waals surface area (Å²) in [5.41, 5.74) is 2.48. The van der Waals surface area contributed by atoms with Gasteiger partial charge in [0.15, 0.2) is 6.54 Å². The highest BCUT2D eigenvalue weighted by atomic mass is 16.6. The van der Waals surface area contributed by atoms with Crippen LogP contribution in [-0.4, -0.2) is 26.6 Å². The monoisotopic (exact) mass is 317 g/mol. The molecule has 1 heterocycles. The largest absolute Gasteiger partial charge is 0.358 e. The Bertz CT molecular complexity index is 768. The summed E-state index contributed by atoms with van der Waals surface area (Å²) in [6.07, 6.45) is 1.21. The molecule has 0 radical (unpaired) electrons. The minimum Gasteiger partial charge on any atom is -0.358 e. The summed E-state index contributed by atoms with van der Waals surface area (Å²) in [6.45, 7) is 3.33. The van der Waals surface area contributed by atoms with Gasteiger partial charge in [0.25, 0.3) is 5.91 Å². The Hall–Kier alpha value is -3.23. The van der Waals surface area contributed by atoms with Crippen molar-refractivity contribution in [2.24, 2.45) is 0 Å². The van der Waals surface area contributed by atoms with E-state index in [0.717, 1.165) is 15.8 Å². The summed E-state index contributed by atoms with van der Waals surface area (Å²) in [5, 5.41) is 19.1. The molecule has 0 saturated carbocycles. The summed E-state index contributed by atoms with van der Waals surface area (Å²) < 4.78 is 0.903. The fraction of sp³-hybridized carbons (Fsp3) is 0.214. The van der Waals surface area contributed by atoms with Crippen LogP contribution in [-0.2, 0) is 11.3 Å². The molecule has 2 N–H and O–H groups in total. The van der Waals surface area contributed by atoms with Gasteiger partial charge in [0, 0.05) is 5.69 Å². The van der Waals surface area contributed by atoms with Crippen molar-refractivity contribution < 1.29 is 14.5 Å². The average Bonchev–Trinajstić information content (AvgIpc) is 2.90. The quantitative estimate of drug-likeness (QED) is 0.657. The molecule has 0 aliphatic rings. The predicted molar refractivity (Wildman–Crippen MR) is 82.0 cm³/mol. The highest BCUT2D eigenvalue weighted by Crippen LogP contribution is 2.15. The zero-order valence-electron chi connectivity index (χ0n) is 12.6. The highest BCUT2D eigenvalue weighted by Gasteiger charge is 2.18. The van der Waals surface area contributed by atoms with Gasteiger partial charge in [-0.15, -0.1) is 4.68 Å². The van der Waals surface area contributed by atoms with E-state index in [2.05, 4.69) is 15.7 Å². The smallest absolute Gasteiger partial charge is 0.345 e. The van der Waals surface area contributed by atoms with Crippen LogP contribution in [0.4, 0.5) is 16.3 Å². The molecule has 3 amide bonds. The number of nitrogens with one attached hydrogen (secondary N) is 2. The fourth-order valence-corrected chi connectivity index (χ4v) is 2.01. The maximum absolute atomic E-state index is 11.8. The zero-order chi connectivity index (χ0) is 17.0. The molecule has 9 heteroatoms. The number of amides is 3. The van der Waals surface area contributed by atoms with Crippen molar-refractivity contribution in [3.8, 4) is 0 Å². The molecule has 0 spiro atoms. The van der Waals surface area contributed by atoms with Gasteiger partial charge in [0.05, 0.1) is 12.3 Å². The first kappa shape index (κ1) is 16.1. The van der Waals surface area contributed by atoms with E-state index >= 15 is 0 Å². The Labute approximate surface area is 131 Å². The third-order valence-corrected chi connectivity index (χ3v) is 3.06. The van der Waals surface area contributed by atoms with Crippen molar-refractivity contribution in [1.29, 1.82) is 0 Å². The number of urea groups is 1. The zero-order valence-corrected chi connectivity index (χ0v) is 12.6. The van der Waals surface area contributed by atoms with Gasteiger partial charge in [-0.25, -0.2) is 4.79 Å². The molecule has 1 aromatic carbocycles. The van der Waals surface area contributed by atoms with Crippen LogP contribution < -0.4 is 10.6 Å². The van der Waals surface area contributed by atoms with Crippen LogP contribution >= 0.6 is 0 Å². The van der Waals surface area contributed by atoms with Crippen LogP contribution in [0, 0.1) is 24.0 Å². The number of carbonyl (C=O) groups is 2. The van der Waals surface area contributed by atoms with E-state index in [1.165, 1.54) is 12.3 Å². The molecule has 1 aromatic heterocycles. The van der Waals surface area contributed by atoms with Crippen LogP contribution in [0.5, 0.6) is 0 Å². The summed E-state index contributed by atoms with van der Waals surface area (Å²) in [5.74, 6) is -1.03. The lowest BCUT2D eigenvalue weighted by molar-refractivity contribution is -0.392. The standard InChI is InChI=1S/C14H15N5O4/c1-9-3-4-11(10(2)7-9)16-14(21)17-12(20)8-18-13(19(22)23)5-6-15-18/h3-7H,8H2,1-2H3,(H2,16,17,20,21). The van der Waals surface area contributed by atoms with Crippen molar-refractivity contribution >= 4 is 23.4 Å². The van der Waals surface area contributed by atoms with Gasteiger partial charge in [-0.2, -0.15) is 0 Å². The molecule has 2 rings (SSSR count). The molecule has 0 unspecified atom stereocenters. The van der Waals surface area contributed by atoms with Gasteiger partial charge in [0.1, 0.15) is 0 Å². The van der Waals surface area contributed by atoms with Gasteiger partial charge in [0.2, 0.25) is 0 Å². The van der Waals surface area contributed by atoms with E-state index in [1.807, 2.05) is 26.0 Å². The maximum atomic E-state index is 11.8. The lowest BCUT2D eigenvalue weighted by Crippen LogP contribution is -2.37. The number of hydrogen-bond acceptors (Lipinski definition) is 5. The lowest BCUT2D eigenvalue weighted by atomic mass is 10.1. The molecule has 0 aliphatic carbocycles. The molecule has 0 bridgehead atoms. The third-order valence-electron chi connectivity index (χ3n) is 3.06. The molecule has 2 aromatic rings. The van der Waals surface area contributed by atoms with Crippen LogP contribution in [0.3, 0.4) is 0 Å². The topological polar surface area (TPSA) is 119 Å². The molecule has 0 saturated heterocycles. The van der Waals surface area contributed by atoms with Crippen LogP contribution in [0.15, 0.2) is 30.5 Å². The van der Waals surface area contributed by atoms with Gasteiger partial charge in [-0.3, -0.25) is 10.1 Å². The fourth-order valence-electron chi connectivity index (χ4n) is 2.01. The second kappa shape index (κ2) is 6.69. The Morgan fingerprint density at radius 1 is 1.30 bits per heavy atom. The predicted octanol–water partition coefficient (Wildman–Crippen LogP) is 1.76. The molecular formula is C14H15N5O4. The van der Waals surface area contributed by atoms with Crippen molar-refractivity contribution in [1.82, 2.24) is 15.1 Å². The summed E-state index contributed by atoms with van der Waals surface area (Å²) >= 11 is 0. The number of hydrogen-bond donors (Lipinski definition) is 2. The van der Waals surface area contributed by atoms with Gasteiger partial charge < -0.3 is 15.4 Å². The first-order valence-corrected chi connectivity index (χ1v) is 6.71. The number of nitro groups is 1. The average molecular weight is 317 g/mol. The Kier molecular flexibility index (Phi) is 4.69. The third kappa shape index (κ3) is 4.13. The molecule has 120 valence electrons. The highest BCUT2D eigenvalue weighted by molar-refractivity contribution is 6.01. The summed E-state index contributed by atoms with van der Waals surface area (Å²) in [7, 11) is 0. The van der Waals surface area contributed by atoms with Gasteiger partial charge in [-0.1, -0.05) is 22.8 Å². The number of imide groups is 1. The van der Waals surface area contributed by atoms with Gasteiger partial charge >= 0.3 is 11.8 Å². The van der Waals surface area contributed by atoms with Crippen LogP contribution in [0.2, 0.25) is 0 Å². The minimum absolute atomic E-state index is 0.324. The van der Waals surface area contributed by atoms with Crippen molar-refractivity contribution in [2.75, 3.05) is 5.32 Å². The first-order valence-electron chi connectivity index (χ1n) is 6.71. The molecular weight excluding hydrogens is 302 g/mol. The Balaban J connectivity index is 1.96. The molecule has 9 nitrogen and oxygen atoms in total. The Morgan fingerprint density at radius 2 is 2.04 bits per heavy atom. The molecule has 0 aliphatic heterocycles. The first-order chi connectivity index (χ1) is 10.9. The number of benzene rings is 1. The van der Waals surface area contributed by atoms with Crippen molar-refractivity contribution in [3.05, 3.63) is 51.7 Å². The van der Waals surface area contributed by atoms with Crippen molar-refractivity contribution in [2.45, 2.75) is 20.4 Å². The minimum atomic E-state index is -0.711. The van der Waals surface area contributed by atoms with Crippen LogP contribution in [0.1, 0.15) is 11.1 Å². The van der Waals surface area contributed by atoms with E-state index in [0.29, 0.717) is 5.69 Å². The van der Waals surface area contributed by atoms with E-state index in [4.69, 9.17) is 0 Å².